The second kappa shape index (κ2) is 9.73. The fourth-order valence-corrected chi connectivity index (χ4v) is 3.42. The number of thioether (sulfide) groups is 1. The van der Waals surface area contributed by atoms with Crippen LogP contribution in [0.2, 0.25) is 0 Å². The summed E-state index contributed by atoms with van der Waals surface area (Å²) in [6.45, 7) is 6.10. The van der Waals surface area contributed by atoms with Crippen molar-refractivity contribution in [2.75, 3.05) is 11.9 Å². The average Bonchev–Trinajstić information content (AvgIpc) is 2.89. The summed E-state index contributed by atoms with van der Waals surface area (Å²) in [5.41, 5.74) is 0. The van der Waals surface area contributed by atoms with Gasteiger partial charge in [0.2, 0.25) is 11.0 Å². The molecule has 118 valence electrons. The minimum Gasteiger partial charge on any atom is -0.465 e. The SMILES string of the molecule is CCCCC(=O)Nc1nnc(SC(CC)C(=O)OCC)s1. The molecule has 0 saturated heterocycles. The average molecular weight is 331 g/mol. The lowest BCUT2D eigenvalue weighted by Gasteiger charge is -2.10. The van der Waals surface area contributed by atoms with Gasteiger partial charge in [-0.2, -0.15) is 0 Å². The Labute approximate surface area is 133 Å². The van der Waals surface area contributed by atoms with E-state index in [-0.39, 0.29) is 17.1 Å². The molecule has 0 radical (unpaired) electrons. The molecule has 0 spiro atoms. The Kier molecular flexibility index (Phi) is 8.29. The minimum absolute atomic E-state index is 0.0537. The summed E-state index contributed by atoms with van der Waals surface area (Å²) < 4.78 is 5.66. The summed E-state index contributed by atoms with van der Waals surface area (Å²) in [6, 6.07) is 0. The fourth-order valence-electron chi connectivity index (χ4n) is 1.48. The van der Waals surface area contributed by atoms with Crippen molar-refractivity contribution in [2.24, 2.45) is 0 Å². The van der Waals surface area contributed by atoms with Gasteiger partial charge in [-0.1, -0.05) is 43.4 Å². The van der Waals surface area contributed by atoms with Gasteiger partial charge >= 0.3 is 5.97 Å². The normalized spacial score (nSPS) is 12.0. The van der Waals surface area contributed by atoms with E-state index in [1.165, 1.54) is 23.1 Å². The van der Waals surface area contributed by atoms with E-state index in [4.69, 9.17) is 4.74 Å². The number of aromatic nitrogens is 2. The van der Waals surface area contributed by atoms with E-state index in [1.807, 2.05) is 13.8 Å². The fraction of sp³-hybridized carbons (Fsp3) is 0.692. The van der Waals surface area contributed by atoms with E-state index in [1.54, 1.807) is 6.92 Å². The van der Waals surface area contributed by atoms with Crippen molar-refractivity contribution in [1.29, 1.82) is 0 Å². The van der Waals surface area contributed by atoms with E-state index in [9.17, 15) is 9.59 Å². The van der Waals surface area contributed by atoms with Gasteiger partial charge in [0.15, 0.2) is 4.34 Å². The predicted molar refractivity (Wildman–Crippen MR) is 84.6 cm³/mol. The third-order valence-corrected chi connectivity index (χ3v) is 4.84. The van der Waals surface area contributed by atoms with Gasteiger partial charge in [-0.15, -0.1) is 10.2 Å². The van der Waals surface area contributed by atoms with Crippen LogP contribution in [0.5, 0.6) is 0 Å². The van der Waals surface area contributed by atoms with Crippen molar-refractivity contribution in [3.05, 3.63) is 0 Å². The number of ether oxygens (including phenoxy) is 1. The summed E-state index contributed by atoms with van der Waals surface area (Å²) in [6.07, 6.45) is 2.97. The van der Waals surface area contributed by atoms with Crippen LogP contribution in [-0.2, 0) is 14.3 Å². The summed E-state index contributed by atoms with van der Waals surface area (Å²) in [5, 5.41) is 10.8. The minimum atomic E-state index is -0.290. The molecule has 1 unspecified atom stereocenters. The molecule has 21 heavy (non-hydrogen) atoms. The first-order valence-electron chi connectivity index (χ1n) is 7.07. The first kappa shape index (κ1) is 17.9. The molecule has 8 heteroatoms. The smallest absolute Gasteiger partial charge is 0.319 e. The van der Waals surface area contributed by atoms with Crippen LogP contribution in [-0.4, -0.2) is 33.9 Å². The second-order valence-corrected chi connectivity index (χ2v) is 6.72. The van der Waals surface area contributed by atoms with Crippen molar-refractivity contribution in [1.82, 2.24) is 10.2 Å². The second-order valence-electron chi connectivity index (χ2n) is 4.29. The Morgan fingerprint density at radius 3 is 2.71 bits per heavy atom. The molecule has 1 aromatic rings. The zero-order valence-electron chi connectivity index (χ0n) is 12.5. The number of hydrogen-bond donors (Lipinski definition) is 1. The standard InChI is InChI=1S/C13H21N3O3S2/c1-4-7-8-10(17)14-12-15-16-13(21-12)20-9(5-2)11(18)19-6-3/h9H,4-8H2,1-3H3,(H,14,15,17). The number of nitrogens with zero attached hydrogens (tertiary/aromatic N) is 2. The molecule has 0 aromatic carbocycles. The molecule has 0 aliphatic carbocycles. The maximum atomic E-state index is 11.7. The molecule has 0 aliphatic rings. The highest BCUT2D eigenvalue weighted by atomic mass is 32.2. The van der Waals surface area contributed by atoms with Crippen LogP contribution in [0.25, 0.3) is 0 Å². The van der Waals surface area contributed by atoms with E-state index in [2.05, 4.69) is 15.5 Å². The predicted octanol–water partition coefficient (Wildman–Crippen LogP) is 3.10. The van der Waals surface area contributed by atoms with Crippen LogP contribution in [0, 0.1) is 0 Å². The Hall–Kier alpha value is -1.15. The van der Waals surface area contributed by atoms with Crippen LogP contribution in [0.1, 0.15) is 46.5 Å². The van der Waals surface area contributed by atoms with Crippen LogP contribution in [0.3, 0.4) is 0 Å². The number of anilines is 1. The van der Waals surface area contributed by atoms with Crippen LogP contribution >= 0.6 is 23.1 Å². The number of carbonyl (C=O) groups excluding carboxylic acids is 2. The molecule has 1 N–H and O–H groups in total. The van der Waals surface area contributed by atoms with E-state index in [0.717, 1.165) is 12.8 Å². The van der Waals surface area contributed by atoms with Crippen LogP contribution in [0.4, 0.5) is 5.13 Å². The summed E-state index contributed by atoms with van der Waals surface area (Å²) in [5.74, 6) is -0.296. The largest absolute Gasteiger partial charge is 0.465 e. The number of esters is 1. The summed E-state index contributed by atoms with van der Waals surface area (Å²) >= 11 is 2.60. The van der Waals surface area contributed by atoms with Crippen LogP contribution < -0.4 is 5.32 Å². The Balaban J connectivity index is 2.54. The molecule has 1 amide bonds. The van der Waals surface area contributed by atoms with E-state index < -0.39 is 0 Å². The van der Waals surface area contributed by atoms with Crippen LogP contribution in [0.15, 0.2) is 4.34 Å². The zero-order valence-corrected chi connectivity index (χ0v) is 14.2. The number of rotatable bonds is 9. The number of hydrogen-bond acceptors (Lipinski definition) is 7. The molecule has 1 rings (SSSR count). The monoisotopic (exact) mass is 331 g/mol. The topological polar surface area (TPSA) is 81.2 Å². The lowest BCUT2D eigenvalue weighted by Crippen LogP contribution is -2.19. The van der Waals surface area contributed by atoms with Gasteiger partial charge in [-0.3, -0.25) is 9.59 Å². The lowest BCUT2D eigenvalue weighted by molar-refractivity contribution is -0.142. The first-order chi connectivity index (χ1) is 10.1. The highest BCUT2D eigenvalue weighted by Crippen LogP contribution is 2.31. The van der Waals surface area contributed by atoms with Crippen molar-refractivity contribution >= 4 is 40.1 Å². The Morgan fingerprint density at radius 1 is 1.33 bits per heavy atom. The highest BCUT2D eigenvalue weighted by molar-refractivity contribution is 8.02. The van der Waals surface area contributed by atoms with Gasteiger partial charge in [-0.05, 0) is 19.8 Å². The van der Waals surface area contributed by atoms with Crippen molar-refractivity contribution in [3.8, 4) is 0 Å². The molecule has 1 aromatic heterocycles. The molecular formula is C13H21N3O3S2. The van der Waals surface area contributed by atoms with Crippen molar-refractivity contribution in [3.63, 3.8) is 0 Å². The highest BCUT2D eigenvalue weighted by Gasteiger charge is 2.21. The van der Waals surface area contributed by atoms with Gasteiger partial charge in [0, 0.05) is 6.42 Å². The number of amides is 1. The summed E-state index contributed by atoms with van der Waals surface area (Å²) in [7, 11) is 0. The van der Waals surface area contributed by atoms with Gasteiger partial charge < -0.3 is 10.1 Å². The van der Waals surface area contributed by atoms with Gasteiger partial charge in [0.05, 0.1) is 6.61 Å². The molecule has 6 nitrogen and oxygen atoms in total. The lowest BCUT2D eigenvalue weighted by atomic mass is 10.2. The number of carbonyl (C=O) groups is 2. The third kappa shape index (κ3) is 6.43. The third-order valence-electron chi connectivity index (χ3n) is 2.57. The van der Waals surface area contributed by atoms with Gasteiger partial charge in [0.25, 0.3) is 0 Å². The molecule has 0 aliphatic heterocycles. The first-order valence-corrected chi connectivity index (χ1v) is 8.76. The van der Waals surface area contributed by atoms with E-state index in [0.29, 0.717) is 28.9 Å². The van der Waals surface area contributed by atoms with Gasteiger partial charge in [-0.25, -0.2) is 0 Å². The molecule has 0 saturated carbocycles. The van der Waals surface area contributed by atoms with Crippen molar-refractivity contribution < 1.29 is 14.3 Å². The van der Waals surface area contributed by atoms with Crippen molar-refractivity contribution in [2.45, 2.75) is 56.0 Å². The maximum absolute atomic E-state index is 11.7. The Morgan fingerprint density at radius 2 is 2.10 bits per heavy atom. The molecule has 0 bridgehead atoms. The summed E-state index contributed by atoms with van der Waals surface area (Å²) in [4.78, 5) is 23.3. The zero-order chi connectivity index (χ0) is 15.7. The molecular weight excluding hydrogens is 310 g/mol. The molecule has 1 heterocycles. The quantitative estimate of drug-likeness (QED) is 0.425. The van der Waals surface area contributed by atoms with Gasteiger partial charge in [0.1, 0.15) is 5.25 Å². The molecule has 1 atom stereocenters. The Bertz CT molecular complexity index is 465. The number of unbranched alkanes of at least 4 members (excludes halogenated alkanes) is 1. The molecule has 0 fully saturated rings. The maximum Gasteiger partial charge on any atom is 0.319 e. The van der Waals surface area contributed by atoms with E-state index >= 15 is 0 Å². The number of nitrogens with one attached hydrogen (secondary N) is 1.